The number of hydrogen-bond acceptors (Lipinski definition) is 5. The highest BCUT2D eigenvalue weighted by Gasteiger charge is 2.34. The maximum Gasteiger partial charge on any atom is 0.410 e. The molecule has 0 bridgehead atoms. The Morgan fingerprint density at radius 2 is 1.89 bits per heavy atom. The third-order valence-electron chi connectivity index (χ3n) is 4.34. The molecule has 0 saturated carbocycles. The molecule has 1 N–H and O–H groups in total. The number of amides is 2. The summed E-state index contributed by atoms with van der Waals surface area (Å²) >= 11 is 0. The minimum atomic E-state index is -0.623. The standard InChI is InChI=1S/C20H28N2O5/c1-13-9-10-14(12-15(13)18(24)26-5)21-17(23)16-8-6-7-11-22(16)19(25)27-20(2,3)4/h9-10,12,16H,6-8,11H2,1-5H3,(H,21,23)/t16-/m1/s1. The van der Waals surface area contributed by atoms with Crippen molar-refractivity contribution in [3.63, 3.8) is 0 Å². The number of hydrogen-bond donors (Lipinski definition) is 1. The van der Waals surface area contributed by atoms with Crippen molar-refractivity contribution in [2.24, 2.45) is 0 Å². The largest absolute Gasteiger partial charge is 0.465 e. The first kappa shape index (κ1) is 20.7. The van der Waals surface area contributed by atoms with Gasteiger partial charge in [-0.25, -0.2) is 9.59 Å². The van der Waals surface area contributed by atoms with Gasteiger partial charge in [0.05, 0.1) is 12.7 Å². The summed E-state index contributed by atoms with van der Waals surface area (Å²) in [4.78, 5) is 38.6. The molecular weight excluding hydrogens is 348 g/mol. The zero-order valence-electron chi connectivity index (χ0n) is 16.6. The van der Waals surface area contributed by atoms with E-state index in [9.17, 15) is 14.4 Å². The zero-order valence-corrected chi connectivity index (χ0v) is 16.6. The number of benzene rings is 1. The third-order valence-corrected chi connectivity index (χ3v) is 4.34. The van der Waals surface area contributed by atoms with Gasteiger partial charge in [-0.2, -0.15) is 0 Å². The van der Waals surface area contributed by atoms with Crippen molar-refractivity contribution in [2.75, 3.05) is 19.0 Å². The normalized spacial score (nSPS) is 17.2. The van der Waals surface area contributed by atoms with E-state index in [1.807, 2.05) is 0 Å². The van der Waals surface area contributed by atoms with E-state index < -0.39 is 23.7 Å². The van der Waals surface area contributed by atoms with E-state index in [-0.39, 0.29) is 5.91 Å². The summed E-state index contributed by atoms with van der Waals surface area (Å²) in [7, 11) is 1.31. The number of aryl methyl sites for hydroxylation is 1. The van der Waals surface area contributed by atoms with E-state index in [0.717, 1.165) is 18.4 Å². The van der Waals surface area contributed by atoms with E-state index in [2.05, 4.69) is 5.32 Å². The van der Waals surface area contributed by atoms with Gasteiger partial charge in [0.1, 0.15) is 11.6 Å². The first-order chi connectivity index (χ1) is 12.6. The van der Waals surface area contributed by atoms with Crippen molar-refractivity contribution in [1.82, 2.24) is 4.90 Å². The summed E-state index contributed by atoms with van der Waals surface area (Å²) in [6, 6.07) is 4.45. The maximum absolute atomic E-state index is 12.8. The molecule has 1 heterocycles. The quantitative estimate of drug-likeness (QED) is 0.816. The van der Waals surface area contributed by atoms with E-state index in [0.29, 0.717) is 24.2 Å². The molecule has 0 aliphatic carbocycles. The van der Waals surface area contributed by atoms with Crippen molar-refractivity contribution < 1.29 is 23.9 Å². The van der Waals surface area contributed by atoms with Gasteiger partial charge in [-0.05, 0) is 64.7 Å². The average molecular weight is 376 g/mol. The topological polar surface area (TPSA) is 84.9 Å². The fraction of sp³-hybridized carbons (Fsp3) is 0.550. The Kier molecular flexibility index (Phi) is 6.46. The second-order valence-electron chi connectivity index (χ2n) is 7.70. The first-order valence-electron chi connectivity index (χ1n) is 9.12. The summed E-state index contributed by atoms with van der Waals surface area (Å²) in [5, 5.41) is 2.81. The van der Waals surface area contributed by atoms with Crippen molar-refractivity contribution in [3.8, 4) is 0 Å². The molecule has 0 aromatic heterocycles. The third kappa shape index (κ3) is 5.45. The average Bonchev–Trinajstić information content (AvgIpc) is 2.61. The number of nitrogens with zero attached hydrogens (tertiary/aromatic N) is 1. The Balaban J connectivity index is 2.15. The van der Waals surface area contributed by atoms with Gasteiger partial charge in [-0.1, -0.05) is 6.07 Å². The van der Waals surface area contributed by atoms with E-state index in [4.69, 9.17) is 9.47 Å². The van der Waals surface area contributed by atoms with Gasteiger partial charge in [0, 0.05) is 12.2 Å². The summed E-state index contributed by atoms with van der Waals surface area (Å²) < 4.78 is 10.2. The smallest absolute Gasteiger partial charge is 0.410 e. The summed E-state index contributed by atoms with van der Waals surface area (Å²) in [5.74, 6) is -0.753. The monoisotopic (exact) mass is 376 g/mol. The van der Waals surface area contributed by atoms with Crippen LogP contribution in [-0.2, 0) is 14.3 Å². The van der Waals surface area contributed by atoms with Crippen LogP contribution in [0.15, 0.2) is 18.2 Å². The number of likely N-dealkylation sites (tertiary alicyclic amines) is 1. The lowest BCUT2D eigenvalue weighted by atomic mass is 10.0. The molecular formula is C20H28N2O5. The number of ether oxygens (including phenoxy) is 2. The fourth-order valence-corrected chi connectivity index (χ4v) is 3.00. The molecule has 2 rings (SSSR count). The summed E-state index contributed by atoms with van der Waals surface area (Å²) in [5.41, 5.74) is 1.01. The van der Waals surface area contributed by atoms with Gasteiger partial charge in [0.25, 0.3) is 0 Å². The predicted molar refractivity (Wildman–Crippen MR) is 102 cm³/mol. The molecule has 2 amide bonds. The van der Waals surface area contributed by atoms with Gasteiger partial charge in [0.15, 0.2) is 0 Å². The van der Waals surface area contributed by atoms with Crippen molar-refractivity contribution in [2.45, 2.75) is 58.6 Å². The highest BCUT2D eigenvalue weighted by molar-refractivity contribution is 5.98. The summed E-state index contributed by atoms with van der Waals surface area (Å²) in [6.45, 7) is 7.66. The molecule has 27 heavy (non-hydrogen) atoms. The van der Waals surface area contributed by atoms with Gasteiger partial charge in [0.2, 0.25) is 5.91 Å². The van der Waals surface area contributed by atoms with Crippen LogP contribution in [0.25, 0.3) is 0 Å². The molecule has 0 unspecified atom stereocenters. The first-order valence-corrected chi connectivity index (χ1v) is 9.12. The van der Waals surface area contributed by atoms with Crippen molar-refractivity contribution >= 4 is 23.7 Å². The molecule has 0 spiro atoms. The lowest BCUT2D eigenvalue weighted by Crippen LogP contribution is -2.51. The Hall–Kier alpha value is -2.57. The number of anilines is 1. The van der Waals surface area contributed by atoms with E-state index in [1.54, 1.807) is 45.9 Å². The Morgan fingerprint density at radius 3 is 2.52 bits per heavy atom. The zero-order chi connectivity index (χ0) is 20.2. The molecule has 1 aromatic rings. The van der Waals surface area contributed by atoms with Crippen molar-refractivity contribution in [3.05, 3.63) is 29.3 Å². The van der Waals surface area contributed by atoms with E-state index >= 15 is 0 Å². The Labute approximate surface area is 160 Å². The number of rotatable bonds is 3. The number of carbonyl (C=O) groups excluding carboxylic acids is 3. The van der Waals surface area contributed by atoms with Crippen LogP contribution in [0.1, 0.15) is 56.0 Å². The highest BCUT2D eigenvalue weighted by Crippen LogP contribution is 2.23. The van der Waals surface area contributed by atoms with Crippen LogP contribution in [-0.4, -0.2) is 48.2 Å². The molecule has 7 nitrogen and oxygen atoms in total. The molecule has 1 aromatic carbocycles. The minimum Gasteiger partial charge on any atom is -0.465 e. The molecule has 0 radical (unpaired) electrons. The van der Waals surface area contributed by atoms with Crippen LogP contribution >= 0.6 is 0 Å². The fourth-order valence-electron chi connectivity index (χ4n) is 3.00. The van der Waals surface area contributed by atoms with Gasteiger partial charge < -0.3 is 14.8 Å². The summed E-state index contributed by atoms with van der Waals surface area (Å²) in [6.07, 6.45) is 1.78. The number of esters is 1. The Bertz CT molecular complexity index is 724. The van der Waals surface area contributed by atoms with Crippen LogP contribution in [0.2, 0.25) is 0 Å². The number of carbonyl (C=O) groups is 3. The molecule has 1 fully saturated rings. The molecule has 1 aliphatic rings. The second kappa shape index (κ2) is 8.41. The van der Waals surface area contributed by atoms with Crippen LogP contribution in [0.3, 0.4) is 0 Å². The lowest BCUT2D eigenvalue weighted by molar-refractivity contribution is -0.122. The molecule has 1 aliphatic heterocycles. The molecule has 7 heteroatoms. The highest BCUT2D eigenvalue weighted by atomic mass is 16.6. The number of nitrogens with one attached hydrogen (secondary N) is 1. The maximum atomic E-state index is 12.8. The molecule has 1 atom stereocenters. The van der Waals surface area contributed by atoms with Crippen LogP contribution in [0.4, 0.5) is 10.5 Å². The minimum absolute atomic E-state index is 0.291. The van der Waals surface area contributed by atoms with Crippen LogP contribution in [0, 0.1) is 6.92 Å². The lowest BCUT2D eigenvalue weighted by Gasteiger charge is -2.35. The van der Waals surface area contributed by atoms with Crippen LogP contribution in [0.5, 0.6) is 0 Å². The Morgan fingerprint density at radius 1 is 1.19 bits per heavy atom. The van der Waals surface area contributed by atoms with Crippen LogP contribution < -0.4 is 5.32 Å². The SMILES string of the molecule is COC(=O)c1cc(NC(=O)[C@H]2CCCCN2C(=O)OC(C)(C)C)ccc1C. The molecule has 1 saturated heterocycles. The van der Waals surface area contributed by atoms with Gasteiger partial charge >= 0.3 is 12.1 Å². The van der Waals surface area contributed by atoms with E-state index in [1.165, 1.54) is 12.0 Å². The van der Waals surface area contributed by atoms with Crippen molar-refractivity contribution in [1.29, 1.82) is 0 Å². The second-order valence-corrected chi connectivity index (χ2v) is 7.70. The predicted octanol–water partition coefficient (Wildman–Crippen LogP) is 3.51. The molecule has 148 valence electrons. The van der Waals surface area contributed by atoms with Gasteiger partial charge in [-0.3, -0.25) is 9.69 Å². The number of methoxy groups -OCH3 is 1. The van der Waals surface area contributed by atoms with Gasteiger partial charge in [-0.15, -0.1) is 0 Å². The number of piperidine rings is 1.